The minimum absolute atomic E-state index is 0.392. The van der Waals surface area contributed by atoms with Crippen molar-refractivity contribution in [2.24, 2.45) is 0 Å². The summed E-state index contributed by atoms with van der Waals surface area (Å²) in [5.41, 5.74) is 1.35. The van der Waals surface area contributed by atoms with Crippen LogP contribution < -0.4 is 5.32 Å². The van der Waals surface area contributed by atoms with Crippen LogP contribution in [0.3, 0.4) is 0 Å². The van der Waals surface area contributed by atoms with Gasteiger partial charge in [0.25, 0.3) is 0 Å². The maximum atomic E-state index is 5.10. The van der Waals surface area contributed by atoms with E-state index >= 15 is 0 Å². The molecule has 0 aliphatic carbocycles. The van der Waals surface area contributed by atoms with E-state index in [2.05, 4.69) is 54.5 Å². The summed E-state index contributed by atoms with van der Waals surface area (Å²) in [5.74, 6) is 0. The Labute approximate surface area is 105 Å². The van der Waals surface area contributed by atoms with Crippen LogP contribution in [-0.2, 0) is 4.74 Å². The molecule has 1 unspecified atom stereocenters. The molecule has 0 heterocycles. The summed E-state index contributed by atoms with van der Waals surface area (Å²) in [4.78, 5) is 2.30. The van der Waals surface area contributed by atoms with Gasteiger partial charge in [-0.1, -0.05) is 37.3 Å². The quantitative estimate of drug-likeness (QED) is 0.746. The van der Waals surface area contributed by atoms with E-state index in [1.807, 2.05) is 0 Å². The molecule has 0 spiro atoms. The van der Waals surface area contributed by atoms with Crippen LogP contribution >= 0.6 is 0 Å². The van der Waals surface area contributed by atoms with Gasteiger partial charge in [0.15, 0.2) is 0 Å². The average molecular weight is 236 g/mol. The lowest BCUT2D eigenvalue weighted by molar-refractivity contribution is 0.155. The van der Waals surface area contributed by atoms with Gasteiger partial charge in [0.2, 0.25) is 0 Å². The zero-order chi connectivity index (χ0) is 12.5. The van der Waals surface area contributed by atoms with Gasteiger partial charge in [-0.2, -0.15) is 0 Å². The van der Waals surface area contributed by atoms with E-state index in [0.717, 1.165) is 26.2 Å². The maximum absolute atomic E-state index is 5.10. The van der Waals surface area contributed by atoms with Crippen molar-refractivity contribution in [1.29, 1.82) is 0 Å². The Kier molecular flexibility index (Phi) is 6.86. The minimum Gasteiger partial charge on any atom is -0.383 e. The molecule has 0 amide bonds. The molecular weight excluding hydrogens is 212 g/mol. The predicted molar refractivity (Wildman–Crippen MR) is 72.2 cm³/mol. The third kappa shape index (κ3) is 5.31. The highest BCUT2D eigenvalue weighted by Gasteiger charge is 2.12. The van der Waals surface area contributed by atoms with Crippen molar-refractivity contribution < 1.29 is 4.74 Å². The highest BCUT2D eigenvalue weighted by molar-refractivity contribution is 5.19. The number of hydrogen-bond acceptors (Lipinski definition) is 3. The molecule has 1 aromatic rings. The topological polar surface area (TPSA) is 24.5 Å². The van der Waals surface area contributed by atoms with E-state index in [4.69, 9.17) is 4.74 Å². The third-order valence-corrected chi connectivity index (χ3v) is 2.82. The molecule has 96 valence electrons. The number of nitrogens with zero attached hydrogens (tertiary/aromatic N) is 1. The fraction of sp³-hybridized carbons (Fsp3) is 0.571. The molecule has 0 saturated heterocycles. The zero-order valence-corrected chi connectivity index (χ0v) is 11.1. The van der Waals surface area contributed by atoms with E-state index in [1.54, 1.807) is 7.11 Å². The lowest BCUT2D eigenvalue weighted by Gasteiger charge is -2.24. The van der Waals surface area contributed by atoms with Crippen LogP contribution in [-0.4, -0.2) is 45.3 Å². The van der Waals surface area contributed by atoms with Crippen LogP contribution in [0.2, 0.25) is 0 Å². The molecule has 0 fully saturated rings. The summed E-state index contributed by atoms with van der Waals surface area (Å²) in [6.07, 6.45) is 0. The van der Waals surface area contributed by atoms with Gasteiger partial charge in [-0.3, -0.25) is 0 Å². The molecule has 0 aliphatic rings. The first kappa shape index (κ1) is 14.2. The summed E-state index contributed by atoms with van der Waals surface area (Å²) in [5, 5.41) is 3.52. The minimum atomic E-state index is 0.392. The van der Waals surface area contributed by atoms with Crippen molar-refractivity contribution in [3.8, 4) is 0 Å². The van der Waals surface area contributed by atoms with Crippen LogP contribution in [0, 0.1) is 0 Å². The number of benzene rings is 1. The van der Waals surface area contributed by atoms with Crippen molar-refractivity contribution in [2.75, 3.05) is 40.4 Å². The van der Waals surface area contributed by atoms with Crippen LogP contribution in [0.15, 0.2) is 30.3 Å². The second-order valence-electron chi connectivity index (χ2n) is 4.28. The summed E-state index contributed by atoms with van der Waals surface area (Å²) in [7, 11) is 3.87. The molecule has 0 saturated carbocycles. The number of ether oxygens (including phenoxy) is 1. The van der Waals surface area contributed by atoms with Crippen LogP contribution in [0.25, 0.3) is 0 Å². The number of nitrogens with one attached hydrogen (secondary N) is 1. The molecule has 3 heteroatoms. The van der Waals surface area contributed by atoms with Crippen molar-refractivity contribution >= 4 is 0 Å². The predicted octanol–water partition coefficient (Wildman–Crippen LogP) is 1.92. The second-order valence-corrected chi connectivity index (χ2v) is 4.28. The highest BCUT2D eigenvalue weighted by atomic mass is 16.5. The monoisotopic (exact) mass is 236 g/mol. The average Bonchev–Trinajstić information content (AvgIpc) is 2.37. The smallest absolute Gasteiger partial charge is 0.0589 e. The Morgan fingerprint density at radius 3 is 2.59 bits per heavy atom. The molecule has 0 aliphatic heterocycles. The molecule has 1 N–H and O–H groups in total. The first-order valence-electron chi connectivity index (χ1n) is 6.23. The summed E-state index contributed by atoms with van der Waals surface area (Å²) in [6, 6.07) is 11.0. The van der Waals surface area contributed by atoms with Crippen LogP contribution in [0.5, 0.6) is 0 Å². The number of methoxy groups -OCH3 is 1. The molecule has 1 atom stereocenters. The first-order valence-corrected chi connectivity index (χ1v) is 6.23. The Bertz CT molecular complexity index is 290. The number of likely N-dealkylation sites (N-methyl/N-ethyl adjacent to an activating group) is 2. The fourth-order valence-electron chi connectivity index (χ4n) is 1.87. The van der Waals surface area contributed by atoms with E-state index in [0.29, 0.717) is 6.04 Å². The normalized spacial score (nSPS) is 12.9. The van der Waals surface area contributed by atoms with Gasteiger partial charge in [0.1, 0.15) is 0 Å². The summed E-state index contributed by atoms with van der Waals surface area (Å²) < 4.78 is 5.10. The molecule has 0 radical (unpaired) electrons. The van der Waals surface area contributed by atoms with E-state index in [-0.39, 0.29) is 0 Å². The van der Waals surface area contributed by atoms with E-state index in [9.17, 15) is 0 Å². The van der Waals surface area contributed by atoms with Crippen molar-refractivity contribution in [2.45, 2.75) is 13.0 Å². The third-order valence-electron chi connectivity index (χ3n) is 2.82. The molecule has 0 bridgehead atoms. The van der Waals surface area contributed by atoms with Gasteiger partial charge in [-0.25, -0.2) is 0 Å². The summed E-state index contributed by atoms with van der Waals surface area (Å²) >= 11 is 0. The number of hydrogen-bond donors (Lipinski definition) is 1. The molecule has 1 aromatic carbocycles. The maximum Gasteiger partial charge on any atom is 0.0589 e. The van der Waals surface area contributed by atoms with Crippen molar-refractivity contribution in [3.63, 3.8) is 0 Å². The van der Waals surface area contributed by atoms with Crippen LogP contribution in [0.1, 0.15) is 18.5 Å². The highest BCUT2D eigenvalue weighted by Crippen LogP contribution is 2.13. The second kappa shape index (κ2) is 8.23. The molecule has 0 aromatic heterocycles. The lowest BCUT2D eigenvalue weighted by atomic mass is 10.1. The van der Waals surface area contributed by atoms with E-state index < -0.39 is 0 Å². The van der Waals surface area contributed by atoms with Gasteiger partial charge < -0.3 is 15.0 Å². The Morgan fingerprint density at radius 2 is 2.00 bits per heavy atom. The Morgan fingerprint density at radius 1 is 1.29 bits per heavy atom. The fourth-order valence-corrected chi connectivity index (χ4v) is 1.87. The standard InChI is InChI=1S/C14H24N2O/c1-4-15-14(12-16(2)10-11-17-3)13-8-6-5-7-9-13/h5-9,14-15H,4,10-12H2,1-3H3. The Hall–Kier alpha value is -0.900. The zero-order valence-electron chi connectivity index (χ0n) is 11.1. The molecule has 3 nitrogen and oxygen atoms in total. The summed E-state index contributed by atoms with van der Waals surface area (Å²) in [6.45, 7) is 5.87. The van der Waals surface area contributed by atoms with E-state index in [1.165, 1.54) is 5.56 Å². The van der Waals surface area contributed by atoms with Gasteiger partial charge in [0.05, 0.1) is 6.61 Å². The van der Waals surface area contributed by atoms with Gasteiger partial charge in [-0.15, -0.1) is 0 Å². The number of rotatable bonds is 8. The largest absolute Gasteiger partial charge is 0.383 e. The molecule has 1 rings (SSSR count). The van der Waals surface area contributed by atoms with Gasteiger partial charge in [0, 0.05) is 26.2 Å². The lowest BCUT2D eigenvalue weighted by Crippen LogP contribution is -2.34. The van der Waals surface area contributed by atoms with Crippen molar-refractivity contribution in [3.05, 3.63) is 35.9 Å². The van der Waals surface area contributed by atoms with Gasteiger partial charge in [-0.05, 0) is 19.2 Å². The molecular formula is C14H24N2O. The van der Waals surface area contributed by atoms with Crippen LogP contribution in [0.4, 0.5) is 0 Å². The first-order chi connectivity index (χ1) is 8.27. The molecule has 17 heavy (non-hydrogen) atoms. The Balaban J connectivity index is 2.54. The van der Waals surface area contributed by atoms with Crippen molar-refractivity contribution in [1.82, 2.24) is 10.2 Å². The SMILES string of the molecule is CCNC(CN(C)CCOC)c1ccccc1. The van der Waals surface area contributed by atoms with Gasteiger partial charge >= 0.3 is 0 Å².